The monoisotopic (exact) mass is 316 g/mol. The molecule has 0 aliphatic carbocycles. The second kappa shape index (κ2) is 7.61. The van der Waals surface area contributed by atoms with E-state index in [4.69, 9.17) is 11.0 Å². The number of nitrogens with one attached hydrogen (secondary N) is 1. The third-order valence-electron chi connectivity index (χ3n) is 3.98. The molecule has 122 valence electrons. The highest BCUT2D eigenvalue weighted by molar-refractivity contribution is 5.89. The smallest absolute Gasteiger partial charge is 0.240 e. The van der Waals surface area contributed by atoms with Crippen molar-refractivity contribution >= 4 is 11.8 Å². The van der Waals surface area contributed by atoms with Crippen LogP contribution >= 0.6 is 0 Å². The van der Waals surface area contributed by atoms with E-state index < -0.39 is 18.0 Å². The summed E-state index contributed by atoms with van der Waals surface area (Å²) in [7, 11) is 0. The lowest BCUT2D eigenvalue weighted by Gasteiger charge is -2.23. The van der Waals surface area contributed by atoms with Gasteiger partial charge in [0.1, 0.15) is 11.8 Å². The molecule has 2 rings (SSSR count). The second-order valence-corrected chi connectivity index (χ2v) is 5.62. The van der Waals surface area contributed by atoms with Crippen LogP contribution in [-0.2, 0) is 16.0 Å². The number of carbonyl (C=O) groups excluding carboxylic acids is 2. The average Bonchev–Trinajstić information content (AvgIpc) is 2.97. The Bertz CT molecular complexity index is 609. The molecule has 2 amide bonds. The highest BCUT2D eigenvalue weighted by atomic mass is 16.3. The van der Waals surface area contributed by atoms with E-state index in [0.717, 1.165) is 12.0 Å². The Morgan fingerprint density at radius 1 is 1.43 bits per heavy atom. The number of benzene rings is 1. The Morgan fingerprint density at radius 2 is 2.13 bits per heavy atom. The van der Waals surface area contributed by atoms with Crippen LogP contribution in [-0.4, -0.2) is 47.0 Å². The van der Waals surface area contributed by atoms with Gasteiger partial charge in [0, 0.05) is 13.0 Å². The molecular weight excluding hydrogens is 296 g/mol. The summed E-state index contributed by atoms with van der Waals surface area (Å²) in [6.45, 7) is 0.891. The molecule has 1 saturated heterocycles. The van der Waals surface area contributed by atoms with Crippen molar-refractivity contribution in [2.75, 3.05) is 13.1 Å². The van der Waals surface area contributed by atoms with Gasteiger partial charge < -0.3 is 16.2 Å². The van der Waals surface area contributed by atoms with Crippen molar-refractivity contribution in [1.82, 2.24) is 10.2 Å². The molecule has 7 nitrogen and oxygen atoms in total. The van der Waals surface area contributed by atoms with Gasteiger partial charge in [0.05, 0.1) is 18.7 Å². The Hall–Kier alpha value is -2.59. The van der Waals surface area contributed by atoms with Gasteiger partial charge in [-0.25, -0.2) is 0 Å². The molecule has 23 heavy (non-hydrogen) atoms. The lowest BCUT2D eigenvalue weighted by molar-refractivity contribution is -0.130. The van der Waals surface area contributed by atoms with Gasteiger partial charge in [-0.05, 0) is 30.5 Å². The van der Waals surface area contributed by atoms with E-state index in [1.807, 2.05) is 6.07 Å². The van der Waals surface area contributed by atoms with Gasteiger partial charge >= 0.3 is 0 Å². The van der Waals surface area contributed by atoms with Gasteiger partial charge in [0.15, 0.2) is 0 Å². The van der Waals surface area contributed by atoms with E-state index in [1.165, 1.54) is 12.1 Å². The number of rotatable bonds is 6. The van der Waals surface area contributed by atoms with Gasteiger partial charge in [0.25, 0.3) is 0 Å². The fourth-order valence-electron chi connectivity index (χ4n) is 2.76. The molecule has 7 heteroatoms. The lowest BCUT2D eigenvalue weighted by atomic mass is 10.0. The molecule has 1 aromatic rings. The molecule has 0 spiro atoms. The summed E-state index contributed by atoms with van der Waals surface area (Å²) >= 11 is 0. The zero-order chi connectivity index (χ0) is 16.8. The maximum absolute atomic E-state index is 12.4. The number of carbonyl (C=O) groups is 2. The van der Waals surface area contributed by atoms with Crippen molar-refractivity contribution in [2.24, 2.45) is 5.73 Å². The fraction of sp³-hybridized carbons (Fsp3) is 0.438. The summed E-state index contributed by atoms with van der Waals surface area (Å²) in [4.78, 5) is 25.8. The first-order valence-electron chi connectivity index (χ1n) is 7.50. The van der Waals surface area contributed by atoms with Crippen molar-refractivity contribution in [3.05, 3.63) is 29.8 Å². The number of aromatic hydroxyl groups is 1. The largest absolute Gasteiger partial charge is 0.508 e. The number of phenolic OH excluding ortho intramolecular Hbond substituents is 1. The molecular formula is C16H20N4O3. The summed E-state index contributed by atoms with van der Waals surface area (Å²) in [5.74, 6) is -0.761. The third kappa shape index (κ3) is 4.44. The highest BCUT2D eigenvalue weighted by Crippen LogP contribution is 2.17. The van der Waals surface area contributed by atoms with Crippen molar-refractivity contribution in [2.45, 2.75) is 31.3 Å². The quantitative estimate of drug-likeness (QED) is 0.633. The number of nitrogens with two attached hydrogens (primary N) is 1. The number of hydrogen-bond donors (Lipinski definition) is 3. The summed E-state index contributed by atoms with van der Waals surface area (Å²) in [6.07, 6.45) is 1.77. The van der Waals surface area contributed by atoms with Gasteiger partial charge in [-0.3, -0.25) is 14.5 Å². The minimum absolute atomic E-state index is 0.131. The molecule has 0 saturated carbocycles. The van der Waals surface area contributed by atoms with Crippen LogP contribution in [0.1, 0.15) is 18.4 Å². The number of hydrogen-bond acceptors (Lipinski definition) is 5. The summed E-state index contributed by atoms with van der Waals surface area (Å²) < 4.78 is 0. The van der Waals surface area contributed by atoms with Crippen molar-refractivity contribution in [3.8, 4) is 11.8 Å². The van der Waals surface area contributed by atoms with Crippen LogP contribution < -0.4 is 11.1 Å². The molecule has 0 bridgehead atoms. The molecule has 2 atom stereocenters. The predicted octanol–water partition coefficient (Wildman–Crippen LogP) is -0.107. The van der Waals surface area contributed by atoms with Crippen LogP contribution in [0.15, 0.2) is 24.3 Å². The van der Waals surface area contributed by atoms with E-state index >= 15 is 0 Å². The number of amides is 2. The van der Waals surface area contributed by atoms with Crippen LogP contribution in [0.2, 0.25) is 0 Å². The van der Waals surface area contributed by atoms with Gasteiger partial charge in [-0.2, -0.15) is 5.26 Å². The van der Waals surface area contributed by atoms with Crippen molar-refractivity contribution in [1.29, 1.82) is 5.26 Å². The Kier molecular flexibility index (Phi) is 5.55. The number of phenols is 1. The Balaban J connectivity index is 2.01. The van der Waals surface area contributed by atoms with Gasteiger partial charge in [0.2, 0.25) is 11.8 Å². The normalized spacial score (nSPS) is 19.0. The average molecular weight is 316 g/mol. The molecule has 0 radical (unpaired) electrons. The van der Waals surface area contributed by atoms with E-state index in [-0.39, 0.29) is 24.6 Å². The van der Waals surface area contributed by atoms with Gasteiger partial charge in [-0.15, -0.1) is 0 Å². The molecule has 4 N–H and O–H groups in total. The minimum atomic E-state index is -0.823. The second-order valence-electron chi connectivity index (χ2n) is 5.62. The molecule has 1 aliphatic heterocycles. The van der Waals surface area contributed by atoms with Crippen LogP contribution in [0.4, 0.5) is 0 Å². The van der Waals surface area contributed by atoms with Crippen molar-refractivity contribution < 1.29 is 14.7 Å². The lowest BCUT2D eigenvalue weighted by Crippen LogP contribution is -2.52. The number of primary amides is 1. The highest BCUT2D eigenvalue weighted by Gasteiger charge is 2.32. The predicted molar refractivity (Wildman–Crippen MR) is 83.1 cm³/mol. The standard InChI is InChI=1S/C16H20N4O3/c17-7-9-20-8-1-2-14(20)16(23)19-13(15(18)22)10-11-3-5-12(21)6-4-11/h3-6,13-14,21H,1-2,8-10H2,(H2,18,22)(H,19,23). The number of nitriles is 1. The summed E-state index contributed by atoms with van der Waals surface area (Å²) in [5, 5.41) is 20.8. The van der Waals surface area contributed by atoms with Crippen LogP contribution in [0.5, 0.6) is 5.75 Å². The van der Waals surface area contributed by atoms with E-state index in [0.29, 0.717) is 13.0 Å². The Morgan fingerprint density at radius 3 is 2.74 bits per heavy atom. The molecule has 0 aromatic heterocycles. The summed E-state index contributed by atoms with van der Waals surface area (Å²) in [5.41, 5.74) is 6.17. The molecule has 1 aromatic carbocycles. The van der Waals surface area contributed by atoms with Crippen LogP contribution in [0, 0.1) is 11.3 Å². The number of nitrogens with zero attached hydrogens (tertiary/aromatic N) is 2. The zero-order valence-corrected chi connectivity index (χ0v) is 12.7. The van der Waals surface area contributed by atoms with Crippen LogP contribution in [0.3, 0.4) is 0 Å². The maximum atomic E-state index is 12.4. The minimum Gasteiger partial charge on any atom is -0.508 e. The topological polar surface area (TPSA) is 119 Å². The third-order valence-corrected chi connectivity index (χ3v) is 3.98. The SMILES string of the molecule is N#CCN1CCCC1C(=O)NC(Cc1ccc(O)cc1)C(N)=O. The van der Waals surface area contributed by atoms with Crippen LogP contribution in [0.25, 0.3) is 0 Å². The molecule has 1 aliphatic rings. The molecule has 1 heterocycles. The van der Waals surface area contributed by atoms with Crippen molar-refractivity contribution in [3.63, 3.8) is 0 Å². The summed E-state index contributed by atoms with van der Waals surface area (Å²) in [6, 6.07) is 7.21. The Labute approximate surface area is 134 Å². The zero-order valence-electron chi connectivity index (χ0n) is 12.7. The fourth-order valence-corrected chi connectivity index (χ4v) is 2.76. The first kappa shape index (κ1) is 16.8. The molecule has 2 unspecified atom stereocenters. The van der Waals surface area contributed by atoms with E-state index in [1.54, 1.807) is 17.0 Å². The molecule has 1 fully saturated rings. The number of likely N-dealkylation sites (tertiary alicyclic amines) is 1. The van der Waals surface area contributed by atoms with E-state index in [9.17, 15) is 14.7 Å². The van der Waals surface area contributed by atoms with E-state index in [2.05, 4.69) is 5.32 Å². The van der Waals surface area contributed by atoms with Gasteiger partial charge in [-0.1, -0.05) is 12.1 Å². The maximum Gasteiger partial charge on any atom is 0.240 e. The first-order chi connectivity index (χ1) is 11.0. The first-order valence-corrected chi connectivity index (χ1v) is 7.50.